The quantitative estimate of drug-likeness (QED) is 0.862. The van der Waals surface area contributed by atoms with Crippen LogP contribution in [0, 0.1) is 0 Å². The molecule has 8 heteroatoms. The molecule has 4 rings (SSSR count). The van der Waals surface area contributed by atoms with E-state index in [1.165, 1.54) is 11.8 Å². The van der Waals surface area contributed by atoms with Crippen LogP contribution < -0.4 is 10.1 Å². The van der Waals surface area contributed by atoms with Crippen LogP contribution in [0.4, 0.5) is 11.4 Å². The van der Waals surface area contributed by atoms with Gasteiger partial charge >= 0.3 is 0 Å². The highest BCUT2D eigenvalue weighted by atomic mass is 32.2. The van der Waals surface area contributed by atoms with Crippen molar-refractivity contribution in [2.45, 2.75) is 13.0 Å². The summed E-state index contributed by atoms with van der Waals surface area (Å²) in [5.41, 5.74) is 2.26. The first-order valence-corrected chi connectivity index (χ1v) is 9.72. The Morgan fingerprint density at radius 2 is 1.93 bits per heavy atom. The summed E-state index contributed by atoms with van der Waals surface area (Å²) in [6, 6.07) is 14.2. The van der Waals surface area contributed by atoms with E-state index in [1.807, 2.05) is 24.3 Å². The highest BCUT2D eigenvalue weighted by Crippen LogP contribution is 2.33. The Balaban J connectivity index is 1.49. The molecule has 0 fully saturated rings. The summed E-state index contributed by atoms with van der Waals surface area (Å²) in [6.07, 6.45) is 0. The van der Waals surface area contributed by atoms with Gasteiger partial charge in [0.15, 0.2) is 5.17 Å². The van der Waals surface area contributed by atoms with Crippen molar-refractivity contribution in [2.75, 3.05) is 18.2 Å². The zero-order valence-corrected chi connectivity index (χ0v) is 16.2. The van der Waals surface area contributed by atoms with Crippen LogP contribution in [0.15, 0.2) is 58.5 Å². The predicted octanol–water partition coefficient (Wildman–Crippen LogP) is 3.05. The molecule has 2 amide bonds. The average Bonchev–Trinajstić information content (AvgIpc) is 3.02. The van der Waals surface area contributed by atoms with Gasteiger partial charge < -0.3 is 10.1 Å². The summed E-state index contributed by atoms with van der Waals surface area (Å²) >= 11 is 1.28. The fourth-order valence-corrected chi connectivity index (χ4v) is 3.89. The standard InChI is InChI=1S/C20H18N4O3S/c1-12-19(26)23-18-15-5-3-4-6-16(15)22-20(24(12)18)28-11-17(25)21-13-7-9-14(27-2)10-8-13/h3-10,12H,11H2,1-2H3,(H,21,25). The number of thioether (sulfide) groups is 1. The number of rotatable bonds is 4. The van der Waals surface area contributed by atoms with Gasteiger partial charge in [0.05, 0.1) is 18.6 Å². The Labute approximate surface area is 166 Å². The third kappa shape index (κ3) is 3.38. The molecule has 2 aromatic carbocycles. The van der Waals surface area contributed by atoms with Crippen molar-refractivity contribution in [3.05, 3.63) is 54.1 Å². The number of para-hydroxylation sites is 1. The number of anilines is 1. The SMILES string of the molecule is COc1ccc(NC(=O)CSC2=Nc3ccccc3C3=NC(=O)C(C)N23)cc1. The summed E-state index contributed by atoms with van der Waals surface area (Å²) in [5, 5.41) is 3.44. The summed E-state index contributed by atoms with van der Waals surface area (Å²) < 4.78 is 5.11. The number of ether oxygens (including phenoxy) is 1. The van der Waals surface area contributed by atoms with E-state index in [9.17, 15) is 9.59 Å². The molecule has 2 aliphatic rings. The predicted molar refractivity (Wildman–Crippen MR) is 110 cm³/mol. The summed E-state index contributed by atoms with van der Waals surface area (Å²) in [7, 11) is 1.59. The monoisotopic (exact) mass is 394 g/mol. The van der Waals surface area contributed by atoms with Crippen molar-refractivity contribution in [2.24, 2.45) is 9.98 Å². The Kier molecular flexibility index (Phi) is 4.87. The van der Waals surface area contributed by atoms with Crippen molar-refractivity contribution in [3.8, 4) is 5.75 Å². The molecule has 7 nitrogen and oxygen atoms in total. The number of nitrogens with one attached hydrogen (secondary N) is 1. The Morgan fingerprint density at radius 3 is 2.68 bits per heavy atom. The van der Waals surface area contributed by atoms with Gasteiger partial charge in [-0.1, -0.05) is 23.9 Å². The first-order valence-electron chi connectivity index (χ1n) is 8.73. The molecule has 0 bridgehead atoms. The van der Waals surface area contributed by atoms with Crippen LogP contribution in [-0.2, 0) is 9.59 Å². The number of nitrogens with zero attached hydrogens (tertiary/aromatic N) is 3. The van der Waals surface area contributed by atoms with Crippen molar-refractivity contribution >= 4 is 46.0 Å². The van der Waals surface area contributed by atoms with E-state index in [0.29, 0.717) is 16.7 Å². The lowest BCUT2D eigenvalue weighted by Crippen LogP contribution is -2.42. The lowest BCUT2D eigenvalue weighted by atomic mass is 10.1. The van der Waals surface area contributed by atoms with E-state index in [2.05, 4.69) is 15.3 Å². The number of carbonyl (C=O) groups is 2. The van der Waals surface area contributed by atoms with Gasteiger partial charge in [0.2, 0.25) is 5.91 Å². The fourth-order valence-electron chi connectivity index (χ4n) is 3.01. The molecule has 2 aliphatic heterocycles. The minimum Gasteiger partial charge on any atom is -0.497 e. The Bertz CT molecular complexity index is 1000. The van der Waals surface area contributed by atoms with Gasteiger partial charge in [0.25, 0.3) is 5.91 Å². The Morgan fingerprint density at radius 1 is 1.18 bits per heavy atom. The van der Waals surface area contributed by atoms with Crippen LogP contribution in [0.2, 0.25) is 0 Å². The van der Waals surface area contributed by atoms with Gasteiger partial charge in [0.1, 0.15) is 17.6 Å². The molecule has 0 saturated carbocycles. The number of amidine groups is 2. The molecule has 0 radical (unpaired) electrons. The van der Waals surface area contributed by atoms with E-state index in [4.69, 9.17) is 4.74 Å². The number of amides is 2. The maximum absolute atomic E-state index is 12.4. The second-order valence-electron chi connectivity index (χ2n) is 6.30. The smallest absolute Gasteiger partial charge is 0.270 e. The third-order valence-corrected chi connectivity index (χ3v) is 5.41. The van der Waals surface area contributed by atoms with Crippen LogP contribution in [0.5, 0.6) is 5.75 Å². The number of aliphatic imine (C=N–C) groups is 2. The van der Waals surface area contributed by atoms with Gasteiger partial charge in [-0.05, 0) is 43.3 Å². The highest BCUT2D eigenvalue weighted by molar-refractivity contribution is 8.14. The fraction of sp³-hybridized carbons (Fsp3) is 0.200. The first kappa shape index (κ1) is 18.2. The van der Waals surface area contributed by atoms with Crippen molar-refractivity contribution in [3.63, 3.8) is 0 Å². The minimum absolute atomic E-state index is 0.159. The molecule has 28 heavy (non-hydrogen) atoms. The van der Waals surface area contributed by atoms with Gasteiger partial charge in [-0.2, -0.15) is 4.99 Å². The molecular formula is C20H18N4O3S. The van der Waals surface area contributed by atoms with E-state index in [1.54, 1.807) is 43.2 Å². The molecule has 1 unspecified atom stereocenters. The largest absolute Gasteiger partial charge is 0.497 e. The van der Waals surface area contributed by atoms with Crippen LogP contribution in [0.1, 0.15) is 12.5 Å². The maximum Gasteiger partial charge on any atom is 0.270 e. The summed E-state index contributed by atoms with van der Waals surface area (Å²) in [5.74, 6) is 1.12. The van der Waals surface area contributed by atoms with Crippen molar-refractivity contribution in [1.29, 1.82) is 0 Å². The first-order chi connectivity index (χ1) is 13.6. The maximum atomic E-state index is 12.4. The molecule has 2 aromatic rings. The topological polar surface area (TPSA) is 83.4 Å². The van der Waals surface area contributed by atoms with E-state index < -0.39 is 6.04 Å². The highest BCUT2D eigenvalue weighted by Gasteiger charge is 2.39. The molecule has 142 valence electrons. The van der Waals surface area contributed by atoms with Crippen molar-refractivity contribution in [1.82, 2.24) is 4.90 Å². The minimum atomic E-state index is -0.431. The van der Waals surface area contributed by atoms with E-state index >= 15 is 0 Å². The zero-order valence-electron chi connectivity index (χ0n) is 15.4. The number of hydrogen-bond donors (Lipinski definition) is 1. The number of methoxy groups -OCH3 is 1. The van der Waals surface area contributed by atoms with E-state index in [-0.39, 0.29) is 17.6 Å². The van der Waals surface area contributed by atoms with Crippen LogP contribution in [-0.4, -0.2) is 46.6 Å². The molecule has 0 saturated heterocycles. The van der Waals surface area contributed by atoms with Gasteiger partial charge in [-0.15, -0.1) is 0 Å². The van der Waals surface area contributed by atoms with Gasteiger partial charge in [-0.3, -0.25) is 14.5 Å². The summed E-state index contributed by atoms with van der Waals surface area (Å²) in [4.78, 5) is 35.1. The van der Waals surface area contributed by atoms with Crippen molar-refractivity contribution < 1.29 is 14.3 Å². The van der Waals surface area contributed by atoms with Crippen LogP contribution in [0.25, 0.3) is 0 Å². The van der Waals surface area contributed by atoms with Gasteiger partial charge in [-0.25, -0.2) is 4.99 Å². The number of fused-ring (bicyclic) bond motifs is 3. The second kappa shape index (κ2) is 7.47. The molecular weight excluding hydrogens is 376 g/mol. The Hall–Kier alpha value is -3.13. The number of carbonyl (C=O) groups excluding carboxylic acids is 2. The third-order valence-electron chi connectivity index (χ3n) is 4.46. The summed E-state index contributed by atoms with van der Waals surface area (Å²) in [6.45, 7) is 1.79. The average molecular weight is 394 g/mol. The molecule has 2 heterocycles. The molecule has 0 spiro atoms. The lowest BCUT2D eigenvalue weighted by Gasteiger charge is -2.29. The lowest BCUT2D eigenvalue weighted by molar-refractivity contribution is -0.119. The molecule has 0 aliphatic carbocycles. The second-order valence-corrected chi connectivity index (χ2v) is 7.24. The molecule has 1 N–H and O–H groups in total. The zero-order chi connectivity index (χ0) is 19.7. The normalized spacial score (nSPS) is 17.4. The number of hydrogen-bond acceptors (Lipinski definition) is 6. The van der Waals surface area contributed by atoms with Gasteiger partial charge in [0, 0.05) is 11.3 Å². The molecule has 0 aromatic heterocycles. The van der Waals surface area contributed by atoms with Crippen LogP contribution >= 0.6 is 11.8 Å². The van der Waals surface area contributed by atoms with E-state index in [0.717, 1.165) is 17.0 Å². The molecule has 1 atom stereocenters. The van der Waals surface area contributed by atoms with Crippen LogP contribution in [0.3, 0.4) is 0 Å². The number of benzene rings is 2.